The van der Waals surface area contributed by atoms with Gasteiger partial charge in [0.1, 0.15) is 17.4 Å². The van der Waals surface area contributed by atoms with Gasteiger partial charge in [-0.15, -0.1) is 12.3 Å². The fourth-order valence-corrected chi connectivity index (χ4v) is 4.86. The summed E-state index contributed by atoms with van der Waals surface area (Å²) in [5.74, 6) is 3.28. The number of hydrogen-bond donors (Lipinski definition) is 2. The van der Waals surface area contributed by atoms with Gasteiger partial charge in [-0.1, -0.05) is 49.4 Å². The molecule has 2 amide bonds. The Kier molecular flexibility index (Phi) is 8.51. The average Bonchev–Trinajstić information content (AvgIpc) is 2.77. The van der Waals surface area contributed by atoms with Gasteiger partial charge in [0.25, 0.3) is 0 Å². The highest BCUT2D eigenvalue weighted by molar-refractivity contribution is 5.90. The minimum Gasteiger partial charge on any atom is -0.488 e. The lowest BCUT2D eigenvalue weighted by atomic mass is 9.62. The van der Waals surface area contributed by atoms with Crippen molar-refractivity contribution in [2.24, 2.45) is 11.8 Å². The molecule has 5 heteroatoms. The summed E-state index contributed by atoms with van der Waals surface area (Å²) >= 11 is 0. The van der Waals surface area contributed by atoms with Crippen LogP contribution in [-0.4, -0.2) is 29.0 Å². The topological polar surface area (TPSA) is 67.4 Å². The fraction of sp³-hybridized carbons (Fsp3) is 0.484. The molecule has 5 nitrogen and oxygen atoms in total. The minimum atomic E-state index is -0.687. The van der Waals surface area contributed by atoms with Crippen molar-refractivity contribution in [2.45, 2.75) is 83.9 Å². The third-order valence-corrected chi connectivity index (χ3v) is 6.63. The first-order chi connectivity index (χ1) is 16.9. The van der Waals surface area contributed by atoms with Gasteiger partial charge in [-0.05, 0) is 76.1 Å². The molecule has 1 aliphatic carbocycles. The zero-order valence-corrected chi connectivity index (χ0v) is 22.4. The monoisotopic (exact) mass is 488 g/mol. The van der Waals surface area contributed by atoms with Crippen LogP contribution >= 0.6 is 0 Å². The maximum Gasteiger partial charge on any atom is 0.243 e. The maximum atomic E-state index is 13.5. The summed E-state index contributed by atoms with van der Waals surface area (Å²) in [6, 6.07) is 17.1. The normalized spacial score (nSPS) is 20.4. The van der Waals surface area contributed by atoms with E-state index >= 15 is 0 Å². The second-order valence-corrected chi connectivity index (χ2v) is 11.6. The number of ether oxygens (including phenoxy) is 1. The van der Waals surface area contributed by atoms with Gasteiger partial charge in [-0.3, -0.25) is 9.59 Å². The van der Waals surface area contributed by atoms with Crippen molar-refractivity contribution in [3.8, 4) is 18.1 Å². The first-order valence-electron chi connectivity index (χ1n) is 12.8. The van der Waals surface area contributed by atoms with Gasteiger partial charge < -0.3 is 15.4 Å². The standard InChI is InChI=1S/C31H40N2O3/c1-8-18-31(6,7)33-28(34)26(20-22-12-10-9-11-13-22)32-29(35)27-21(2)19-25(27)23-14-16-24(17-15-23)36-30(3,4)5/h1,9-17,21,25-27H,18-20H2,2-7H3,(H,32,35)(H,33,34)/t21?,25?,26-,27-/m0/s1. The third-order valence-electron chi connectivity index (χ3n) is 6.63. The van der Waals surface area contributed by atoms with E-state index in [2.05, 4.69) is 23.5 Å². The van der Waals surface area contributed by atoms with E-state index in [1.165, 1.54) is 0 Å². The smallest absolute Gasteiger partial charge is 0.243 e. The molecule has 0 radical (unpaired) electrons. The molecular formula is C31H40N2O3. The lowest BCUT2D eigenvalue weighted by Gasteiger charge is -2.43. The van der Waals surface area contributed by atoms with Gasteiger partial charge in [-0.2, -0.15) is 0 Å². The number of nitrogens with one attached hydrogen (secondary N) is 2. The SMILES string of the molecule is C#CCC(C)(C)NC(=O)[C@H](Cc1ccccc1)NC(=O)[C@H]1C(C)CC1c1ccc(OC(C)(C)C)cc1. The van der Waals surface area contributed by atoms with Crippen LogP contribution in [0.15, 0.2) is 54.6 Å². The highest BCUT2D eigenvalue weighted by Gasteiger charge is 2.44. The summed E-state index contributed by atoms with van der Waals surface area (Å²) in [5.41, 5.74) is 1.28. The van der Waals surface area contributed by atoms with Crippen LogP contribution in [0.25, 0.3) is 0 Å². The number of rotatable bonds is 9. The summed E-state index contributed by atoms with van der Waals surface area (Å²) in [7, 11) is 0. The Balaban J connectivity index is 1.75. The molecule has 0 bridgehead atoms. The molecular weight excluding hydrogens is 448 g/mol. The van der Waals surface area contributed by atoms with E-state index in [0.717, 1.165) is 23.3 Å². The summed E-state index contributed by atoms with van der Waals surface area (Å²) in [5, 5.41) is 6.10. The van der Waals surface area contributed by atoms with Crippen LogP contribution < -0.4 is 15.4 Å². The quantitative estimate of drug-likeness (QED) is 0.474. The van der Waals surface area contributed by atoms with Crippen molar-refractivity contribution in [2.75, 3.05) is 0 Å². The first-order valence-corrected chi connectivity index (χ1v) is 12.8. The highest BCUT2D eigenvalue weighted by Crippen LogP contribution is 2.47. The van der Waals surface area contributed by atoms with Gasteiger partial charge in [0, 0.05) is 24.3 Å². The molecule has 1 saturated carbocycles. The molecule has 0 aromatic heterocycles. The van der Waals surface area contributed by atoms with Crippen LogP contribution in [0, 0.1) is 24.2 Å². The number of carbonyl (C=O) groups is 2. The number of benzene rings is 2. The number of carbonyl (C=O) groups excluding carboxylic acids is 2. The Labute approximate surface area is 216 Å². The van der Waals surface area contributed by atoms with Gasteiger partial charge in [0.2, 0.25) is 11.8 Å². The molecule has 3 rings (SSSR count). The molecule has 0 heterocycles. The zero-order valence-electron chi connectivity index (χ0n) is 22.4. The van der Waals surface area contributed by atoms with Crippen molar-refractivity contribution < 1.29 is 14.3 Å². The number of hydrogen-bond acceptors (Lipinski definition) is 3. The van der Waals surface area contributed by atoms with Gasteiger partial charge >= 0.3 is 0 Å². The van der Waals surface area contributed by atoms with Crippen LogP contribution in [0.1, 0.15) is 71.4 Å². The minimum absolute atomic E-state index is 0.0837. The molecule has 0 aliphatic heterocycles. The Morgan fingerprint density at radius 3 is 2.25 bits per heavy atom. The van der Waals surface area contributed by atoms with Crippen molar-refractivity contribution in [3.63, 3.8) is 0 Å². The van der Waals surface area contributed by atoms with Crippen LogP contribution in [0.3, 0.4) is 0 Å². The Morgan fingerprint density at radius 2 is 1.69 bits per heavy atom. The summed E-state index contributed by atoms with van der Waals surface area (Å²) in [4.78, 5) is 26.8. The predicted octanol–water partition coefficient (Wildman–Crippen LogP) is 5.25. The molecule has 4 atom stereocenters. The molecule has 2 aromatic carbocycles. The Hall–Kier alpha value is -3.26. The van der Waals surface area contributed by atoms with E-state index in [4.69, 9.17) is 11.2 Å². The largest absolute Gasteiger partial charge is 0.488 e. The molecule has 192 valence electrons. The van der Waals surface area contributed by atoms with Crippen LogP contribution in [-0.2, 0) is 16.0 Å². The van der Waals surface area contributed by atoms with Crippen LogP contribution in [0.4, 0.5) is 0 Å². The lowest BCUT2D eigenvalue weighted by Crippen LogP contribution is -2.56. The molecule has 1 fully saturated rings. The van der Waals surface area contributed by atoms with E-state index in [9.17, 15) is 9.59 Å². The second-order valence-electron chi connectivity index (χ2n) is 11.6. The second kappa shape index (κ2) is 11.2. The number of amides is 2. The molecule has 2 aromatic rings. The van der Waals surface area contributed by atoms with E-state index < -0.39 is 11.6 Å². The van der Waals surface area contributed by atoms with E-state index in [-0.39, 0.29) is 35.2 Å². The molecule has 2 unspecified atom stereocenters. The maximum absolute atomic E-state index is 13.5. The first kappa shape index (κ1) is 27.3. The van der Waals surface area contributed by atoms with E-state index in [1.807, 2.05) is 89.2 Å². The van der Waals surface area contributed by atoms with Gasteiger partial charge in [-0.25, -0.2) is 0 Å². The van der Waals surface area contributed by atoms with Gasteiger partial charge in [0.15, 0.2) is 0 Å². The summed E-state index contributed by atoms with van der Waals surface area (Å²) in [6.07, 6.45) is 7.23. The summed E-state index contributed by atoms with van der Waals surface area (Å²) < 4.78 is 5.94. The molecule has 2 N–H and O–H groups in total. The lowest BCUT2D eigenvalue weighted by molar-refractivity contribution is -0.136. The summed E-state index contributed by atoms with van der Waals surface area (Å²) in [6.45, 7) is 11.9. The third kappa shape index (κ3) is 7.37. The van der Waals surface area contributed by atoms with Crippen molar-refractivity contribution >= 4 is 11.8 Å². The molecule has 1 aliphatic rings. The van der Waals surface area contributed by atoms with Crippen molar-refractivity contribution in [1.29, 1.82) is 0 Å². The van der Waals surface area contributed by atoms with E-state index in [1.54, 1.807) is 0 Å². The van der Waals surface area contributed by atoms with Gasteiger partial charge in [0.05, 0.1) is 0 Å². The zero-order chi connectivity index (χ0) is 26.5. The molecule has 36 heavy (non-hydrogen) atoms. The average molecular weight is 489 g/mol. The van der Waals surface area contributed by atoms with Crippen molar-refractivity contribution in [1.82, 2.24) is 10.6 Å². The fourth-order valence-electron chi connectivity index (χ4n) is 4.86. The van der Waals surface area contributed by atoms with Crippen molar-refractivity contribution in [3.05, 3.63) is 65.7 Å². The Bertz CT molecular complexity index is 1080. The number of terminal acetylenes is 1. The van der Waals surface area contributed by atoms with E-state index in [0.29, 0.717) is 12.8 Å². The van der Waals surface area contributed by atoms with Crippen LogP contribution in [0.5, 0.6) is 5.75 Å². The Morgan fingerprint density at radius 1 is 1.06 bits per heavy atom. The predicted molar refractivity (Wildman–Crippen MR) is 145 cm³/mol. The molecule has 0 spiro atoms. The highest BCUT2D eigenvalue weighted by atomic mass is 16.5. The molecule has 0 saturated heterocycles. The van der Waals surface area contributed by atoms with Crippen LogP contribution in [0.2, 0.25) is 0 Å².